The molecule has 0 aliphatic carbocycles. The lowest BCUT2D eigenvalue weighted by Crippen LogP contribution is -2.27. The fourth-order valence-electron chi connectivity index (χ4n) is 2.36. The lowest BCUT2D eigenvalue weighted by Gasteiger charge is -2.12. The van der Waals surface area contributed by atoms with Gasteiger partial charge in [0.1, 0.15) is 5.82 Å². The van der Waals surface area contributed by atoms with Crippen LogP contribution in [0.4, 0.5) is 9.18 Å². The van der Waals surface area contributed by atoms with Crippen molar-refractivity contribution in [3.63, 3.8) is 0 Å². The number of hydrogen-bond donors (Lipinski definition) is 0. The van der Waals surface area contributed by atoms with Crippen molar-refractivity contribution in [2.75, 3.05) is 0 Å². The third-order valence-electron chi connectivity index (χ3n) is 3.49. The van der Waals surface area contributed by atoms with E-state index in [0.717, 1.165) is 22.9 Å². The first kappa shape index (κ1) is 15.5. The van der Waals surface area contributed by atoms with Gasteiger partial charge in [-0.1, -0.05) is 48.0 Å². The van der Waals surface area contributed by atoms with Gasteiger partial charge in [-0.05, 0) is 36.4 Å². The van der Waals surface area contributed by atoms with Crippen LogP contribution in [0.2, 0.25) is 0 Å². The minimum Gasteiger partial charge on any atom is -0.268 e. The molecule has 0 unspecified atom stereocenters. The Balaban J connectivity index is 1.84. The average molecular weight is 327 g/mol. The van der Waals surface area contributed by atoms with Gasteiger partial charge < -0.3 is 0 Å². The van der Waals surface area contributed by atoms with Crippen LogP contribution in [0.1, 0.15) is 16.7 Å². The minimum absolute atomic E-state index is 0.223. The zero-order chi connectivity index (χ0) is 16.4. The molecule has 2 amide bonds. The molecule has 3 rings (SSSR count). The van der Waals surface area contributed by atoms with E-state index in [0.29, 0.717) is 5.56 Å². The third-order valence-corrected chi connectivity index (χ3v) is 4.40. The van der Waals surface area contributed by atoms with Crippen LogP contribution in [-0.4, -0.2) is 16.0 Å². The van der Waals surface area contributed by atoms with Crippen molar-refractivity contribution in [1.82, 2.24) is 4.90 Å². The van der Waals surface area contributed by atoms with Gasteiger partial charge in [0.2, 0.25) is 0 Å². The molecular formula is C18H14FNO2S. The van der Waals surface area contributed by atoms with Crippen LogP contribution in [0, 0.1) is 12.7 Å². The molecule has 0 atom stereocenters. The van der Waals surface area contributed by atoms with E-state index < -0.39 is 5.82 Å². The fraction of sp³-hybridized carbons (Fsp3) is 0.111. The highest BCUT2D eigenvalue weighted by Crippen LogP contribution is 2.33. The zero-order valence-electron chi connectivity index (χ0n) is 12.5. The number of aryl methyl sites for hydroxylation is 1. The Kier molecular flexibility index (Phi) is 4.30. The van der Waals surface area contributed by atoms with Crippen LogP contribution < -0.4 is 0 Å². The molecule has 2 aromatic carbocycles. The van der Waals surface area contributed by atoms with E-state index in [1.165, 1.54) is 17.0 Å². The van der Waals surface area contributed by atoms with E-state index in [2.05, 4.69) is 0 Å². The van der Waals surface area contributed by atoms with Crippen molar-refractivity contribution < 1.29 is 14.0 Å². The van der Waals surface area contributed by atoms with E-state index >= 15 is 0 Å². The average Bonchev–Trinajstić information content (AvgIpc) is 2.77. The Morgan fingerprint density at radius 2 is 1.91 bits per heavy atom. The first-order chi connectivity index (χ1) is 11.0. The molecular weight excluding hydrogens is 313 g/mol. The largest absolute Gasteiger partial charge is 0.293 e. The molecule has 0 bridgehead atoms. The van der Waals surface area contributed by atoms with Gasteiger partial charge in [-0.25, -0.2) is 4.39 Å². The molecule has 1 aliphatic heterocycles. The van der Waals surface area contributed by atoms with Crippen molar-refractivity contribution in [3.8, 4) is 0 Å². The number of imide groups is 1. The second-order valence-corrected chi connectivity index (χ2v) is 6.27. The summed E-state index contributed by atoms with van der Waals surface area (Å²) in [5.41, 5.74) is 2.25. The predicted molar refractivity (Wildman–Crippen MR) is 89.1 cm³/mol. The number of hydrogen-bond acceptors (Lipinski definition) is 3. The topological polar surface area (TPSA) is 37.4 Å². The third kappa shape index (κ3) is 3.35. The lowest BCUT2D eigenvalue weighted by atomic mass is 10.1. The highest BCUT2D eigenvalue weighted by Gasteiger charge is 2.35. The second-order valence-electron chi connectivity index (χ2n) is 5.28. The predicted octanol–water partition coefficient (Wildman–Crippen LogP) is 4.37. The van der Waals surface area contributed by atoms with E-state index in [4.69, 9.17) is 0 Å². The number of carbonyl (C=O) groups is 2. The monoisotopic (exact) mass is 327 g/mol. The maximum absolute atomic E-state index is 13.7. The van der Waals surface area contributed by atoms with Crippen molar-refractivity contribution in [1.29, 1.82) is 0 Å². The number of thioether (sulfide) groups is 1. The SMILES string of the molecule is Cc1cccc(CN2C(=O)S/C(=C/c3ccccc3F)C2=O)c1. The van der Waals surface area contributed by atoms with Gasteiger partial charge in [-0.2, -0.15) is 0 Å². The lowest BCUT2D eigenvalue weighted by molar-refractivity contribution is -0.123. The number of amides is 2. The van der Waals surface area contributed by atoms with Crippen LogP contribution in [0.3, 0.4) is 0 Å². The summed E-state index contributed by atoms with van der Waals surface area (Å²) in [6.45, 7) is 2.18. The molecule has 0 saturated carbocycles. The van der Waals surface area contributed by atoms with Gasteiger partial charge in [0.15, 0.2) is 0 Å². The Bertz CT molecular complexity index is 816. The van der Waals surface area contributed by atoms with Crippen molar-refractivity contribution in [2.24, 2.45) is 0 Å². The molecule has 0 spiro atoms. The maximum Gasteiger partial charge on any atom is 0.293 e. The van der Waals surface area contributed by atoms with Gasteiger partial charge in [0, 0.05) is 5.56 Å². The molecule has 5 heteroatoms. The summed E-state index contributed by atoms with van der Waals surface area (Å²) in [7, 11) is 0. The number of rotatable bonds is 3. The van der Waals surface area contributed by atoms with Crippen LogP contribution in [-0.2, 0) is 11.3 Å². The highest BCUT2D eigenvalue weighted by atomic mass is 32.2. The molecule has 1 heterocycles. The van der Waals surface area contributed by atoms with E-state index in [1.807, 2.05) is 31.2 Å². The number of benzene rings is 2. The first-order valence-electron chi connectivity index (χ1n) is 7.10. The van der Waals surface area contributed by atoms with Gasteiger partial charge >= 0.3 is 0 Å². The van der Waals surface area contributed by atoms with E-state index in [9.17, 15) is 14.0 Å². The summed E-state index contributed by atoms with van der Waals surface area (Å²) < 4.78 is 13.7. The maximum atomic E-state index is 13.7. The molecule has 0 N–H and O–H groups in total. The molecule has 1 fully saturated rings. The van der Waals surface area contributed by atoms with Gasteiger partial charge in [0.05, 0.1) is 11.4 Å². The summed E-state index contributed by atoms with van der Waals surface area (Å²) in [5, 5.41) is -0.334. The van der Waals surface area contributed by atoms with Crippen molar-refractivity contribution in [3.05, 3.63) is 75.9 Å². The Morgan fingerprint density at radius 1 is 1.13 bits per heavy atom. The standard InChI is InChI=1S/C18H14FNO2S/c1-12-5-4-6-13(9-12)11-20-17(21)16(23-18(20)22)10-14-7-2-3-8-15(14)19/h2-10H,11H2,1H3/b16-10+. The van der Waals surface area contributed by atoms with Gasteiger partial charge in [-0.15, -0.1) is 0 Å². The molecule has 2 aromatic rings. The number of halogens is 1. The fourth-order valence-corrected chi connectivity index (χ4v) is 3.19. The summed E-state index contributed by atoms with van der Waals surface area (Å²) >= 11 is 0.841. The summed E-state index contributed by atoms with van der Waals surface area (Å²) in [4.78, 5) is 25.9. The zero-order valence-corrected chi connectivity index (χ0v) is 13.3. The summed E-state index contributed by atoms with van der Waals surface area (Å²) in [6.07, 6.45) is 1.43. The van der Waals surface area contributed by atoms with Crippen molar-refractivity contribution in [2.45, 2.75) is 13.5 Å². The summed E-state index contributed by atoms with van der Waals surface area (Å²) in [6, 6.07) is 13.8. The Labute approximate surface area is 137 Å². The Morgan fingerprint density at radius 3 is 2.65 bits per heavy atom. The smallest absolute Gasteiger partial charge is 0.268 e. The molecule has 0 radical (unpaired) electrons. The Hall–Kier alpha value is -2.40. The van der Waals surface area contributed by atoms with E-state index in [-0.39, 0.29) is 22.6 Å². The molecule has 1 aliphatic rings. The first-order valence-corrected chi connectivity index (χ1v) is 7.92. The van der Waals surface area contributed by atoms with Crippen molar-refractivity contribution >= 4 is 29.0 Å². The minimum atomic E-state index is -0.419. The van der Waals surface area contributed by atoms with Crippen LogP contribution >= 0.6 is 11.8 Å². The highest BCUT2D eigenvalue weighted by molar-refractivity contribution is 8.18. The molecule has 116 valence electrons. The summed E-state index contributed by atoms with van der Waals surface area (Å²) in [5.74, 6) is -0.803. The van der Waals surface area contributed by atoms with E-state index in [1.54, 1.807) is 18.2 Å². The van der Waals surface area contributed by atoms with Gasteiger partial charge in [-0.3, -0.25) is 14.5 Å². The molecule has 1 saturated heterocycles. The molecule has 0 aromatic heterocycles. The quantitative estimate of drug-likeness (QED) is 0.786. The van der Waals surface area contributed by atoms with Crippen LogP contribution in [0.5, 0.6) is 0 Å². The normalized spacial score (nSPS) is 16.4. The van der Waals surface area contributed by atoms with Gasteiger partial charge in [0.25, 0.3) is 11.1 Å². The number of nitrogens with zero attached hydrogens (tertiary/aromatic N) is 1. The van der Waals surface area contributed by atoms with Crippen LogP contribution in [0.25, 0.3) is 6.08 Å². The second kappa shape index (κ2) is 6.38. The molecule has 23 heavy (non-hydrogen) atoms. The van der Waals surface area contributed by atoms with Crippen LogP contribution in [0.15, 0.2) is 53.4 Å². The number of carbonyl (C=O) groups excluding carboxylic acids is 2. The molecule has 3 nitrogen and oxygen atoms in total.